The number of esters is 1. The number of carbonyl (C=O) groups is 1. The number of ether oxygens (including phenoxy) is 2. The van der Waals surface area contributed by atoms with Gasteiger partial charge in [0.2, 0.25) is 0 Å². The first-order chi connectivity index (χ1) is 9.00. The van der Waals surface area contributed by atoms with Gasteiger partial charge in [0.05, 0.1) is 13.2 Å². The van der Waals surface area contributed by atoms with Crippen LogP contribution in [0.25, 0.3) is 0 Å². The molecule has 0 aromatic carbocycles. The zero-order valence-electron chi connectivity index (χ0n) is 11.9. The molecule has 0 unspecified atom stereocenters. The number of rotatable bonds is 3. The van der Waals surface area contributed by atoms with Gasteiger partial charge in [-0.1, -0.05) is 26.0 Å². The Morgan fingerprint density at radius 1 is 1.58 bits per heavy atom. The van der Waals surface area contributed by atoms with Crippen molar-refractivity contribution >= 4 is 17.6 Å². The fourth-order valence-electron chi connectivity index (χ4n) is 3.74. The van der Waals surface area contributed by atoms with Crippen molar-refractivity contribution in [3.63, 3.8) is 0 Å². The zero-order valence-corrected chi connectivity index (χ0v) is 12.7. The maximum absolute atomic E-state index is 12.5. The fraction of sp³-hybridized carbons (Fsp3) is 0.800. The van der Waals surface area contributed by atoms with Crippen LogP contribution < -0.4 is 0 Å². The SMILES string of the molecule is COC(=O)[C@@]1([C@]2(C)C=CCCC2)O[C@H](CCl)C[C@H]1C. The van der Waals surface area contributed by atoms with E-state index in [0.717, 1.165) is 25.7 Å². The quantitative estimate of drug-likeness (QED) is 0.454. The molecule has 1 fully saturated rings. The second kappa shape index (κ2) is 5.45. The minimum Gasteiger partial charge on any atom is -0.467 e. The van der Waals surface area contributed by atoms with Crippen LogP contribution in [-0.2, 0) is 14.3 Å². The summed E-state index contributed by atoms with van der Waals surface area (Å²) in [5, 5.41) is 0. The highest BCUT2D eigenvalue weighted by molar-refractivity contribution is 6.18. The summed E-state index contributed by atoms with van der Waals surface area (Å²) in [7, 11) is 1.43. The maximum atomic E-state index is 12.5. The Labute approximate surface area is 120 Å². The van der Waals surface area contributed by atoms with Gasteiger partial charge in [-0.2, -0.15) is 0 Å². The topological polar surface area (TPSA) is 35.5 Å². The molecule has 3 nitrogen and oxygen atoms in total. The summed E-state index contributed by atoms with van der Waals surface area (Å²) in [5.74, 6) is 0.265. The molecule has 0 aromatic heterocycles. The van der Waals surface area contributed by atoms with Gasteiger partial charge in [0.15, 0.2) is 5.60 Å². The Balaban J connectivity index is 2.43. The molecule has 0 N–H and O–H groups in total. The van der Waals surface area contributed by atoms with Crippen LogP contribution in [0.4, 0.5) is 0 Å². The first-order valence-electron chi connectivity index (χ1n) is 7.00. The molecule has 108 valence electrons. The van der Waals surface area contributed by atoms with E-state index < -0.39 is 5.60 Å². The first kappa shape index (κ1) is 14.9. The number of carbonyl (C=O) groups excluding carboxylic acids is 1. The van der Waals surface area contributed by atoms with E-state index in [0.29, 0.717) is 5.88 Å². The molecule has 1 aliphatic heterocycles. The van der Waals surface area contributed by atoms with Crippen LogP contribution in [0.5, 0.6) is 0 Å². The number of hydrogen-bond donors (Lipinski definition) is 0. The van der Waals surface area contributed by atoms with E-state index in [1.165, 1.54) is 7.11 Å². The van der Waals surface area contributed by atoms with Gasteiger partial charge in [0.25, 0.3) is 0 Å². The van der Waals surface area contributed by atoms with Gasteiger partial charge < -0.3 is 9.47 Å². The number of halogens is 1. The van der Waals surface area contributed by atoms with E-state index in [1.807, 2.05) is 0 Å². The molecule has 4 atom stereocenters. The highest BCUT2D eigenvalue weighted by Crippen LogP contribution is 2.53. The lowest BCUT2D eigenvalue weighted by molar-refractivity contribution is -0.188. The fourth-order valence-corrected chi connectivity index (χ4v) is 3.93. The van der Waals surface area contributed by atoms with E-state index in [1.54, 1.807) is 0 Å². The number of hydrogen-bond acceptors (Lipinski definition) is 3. The van der Waals surface area contributed by atoms with Gasteiger partial charge in [-0.15, -0.1) is 11.6 Å². The molecular weight excluding hydrogens is 264 g/mol. The Bertz CT molecular complexity index is 382. The van der Waals surface area contributed by atoms with Crippen LogP contribution in [0, 0.1) is 11.3 Å². The molecule has 1 aliphatic carbocycles. The number of alkyl halides is 1. The summed E-state index contributed by atoms with van der Waals surface area (Å²) in [6.45, 7) is 4.17. The molecular formula is C15H23ClO3. The van der Waals surface area contributed by atoms with Gasteiger partial charge in [-0.05, 0) is 31.6 Å². The largest absolute Gasteiger partial charge is 0.467 e. The van der Waals surface area contributed by atoms with Crippen molar-refractivity contribution < 1.29 is 14.3 Å². The van der Waals surface area contributed by atoms with Crippen LogP contribution in [0.15, 0.2) is 12.2 Å². The maximum Gasteiger partial charge on any atom is 0.339 e. The van der Waals surface area contributed by atoms with E-state index >= 15 is 0 Å². The average molecular weight is 287 g/mol. The predicted molar refractivity (Wildman–Crippen MR) is 75.2 cm³/mol. The minimum absolute atomic E-state index is 0.0667. The Kier molecular flexibility index (Phi) is 4.26. The lowest BCUT2D eigenvalue weighted by Crippen LogP contribution is -2.56. The van der Waals surface area contributed by atoms with Crippen molar-refractivity contribution in [3.05, 3.63) is 12.2 Å². The van der Waals surface area contributed by atoms with Crippen LogP contribution >= 0.6 is 11.6 Å². The molecule has 0 amide bonds. The van der Waals surface area contributed by atoms with Crippen LogP contribution in [0.2, 0.25) is 0 Å². The summed E-state index contributed by atoms with van der Waals surface area (Å²) in [4.78, 5) is 12.5. The second-order valence-electron chi connectivity index (χ2n) is 5.97. The highest BCUT2D eigenvalue weighted by Gasteiger charge is 2.62. The third-order valence-electron chi connectivity index (χ3n) is 4.72. The van der Waals surface area contributed by atoms with Gasteiger partial charge in [-0.3, -0.25) is 0 Å². The third kappa shape index (κ3) is 2.21. The summed E-state index contributed by atoms with van der Waals surface area (Å²) >= 11 is 5.94. The normalized spacial score (nSPS) is 42.3. The zero-order chi connectivity index (χ0) is 14.1. The number of allylic oxidation sites excluding steroid dienone is 1. The van der Waals surface area contributed by atoms with E-state index in [2.05, 4.69) is 26.0 Å². The molecule has 19 heavy (non-hydrogen) atoms. The Morgan fingerprint density at radius 2 is 2.32 bits per heavy atom. The van der Waals surface area contributed by atoms with Crippen molar-refractivity contribution in [2.75, 3.05) is 13.0 Å². The van der Waals surface area contributed by atoms with Crippen LogP contribution in [0.1, 0.15) is 39.5 Å². The van der Waals surface area contributed by atoms with Crippen LogP contribution in [0.3, 0.4) is 0 Å². The van der Waals surface area contributed by atoms with Crippen molar-refractivity contribution in [3.8, 4) is 0 Å². The summed E-state index contributed by atoms with van der Waals surface area (Å²) < 4.78 is 11.2. The molecule has 4 heteroatoms. The van der Waals surface area contributed by atoms with Crippen molar-refractivity contribution in [1.82, 2.24) is 0 Å². The molecule has 2 rings (SSSR count). The summed E-state index contributed by atoms with van der Waals surface area (Å²) in [5.41, 5.74) is -1.20. The molecule has 0 radical (unpaired) electrons. The van der Waals surface area contributed by atoms with E-state index in [4.69, 9.17) is 21.1 Å². The van der Waals surface area contributed by atoms with Crippen molar-refractivity contribution in [2.24, 2.45) is 11.3 Å². The monoisotopic (exact) mass is 286 g/mol. The lowest BCUT2D eigenvalue weighted by atomic mass is 9.63. The standard InChI is InChI=1S/C15H23ClO3/c1-11-9-12(10-16)19-15(11,13(17)18-3)14(2)7-5-4-6-8-14/h5,7,11-12H,4,6,8-10H2,1-3H3/t11-,12+,14-,15+/m1/s1. The minimum atomic E-state index is -0.891. The molecule has 0 bridgehead atoms. The third-order valence-corrected chi connectivity index (χ3v) is 5.07. The number of methoxy groups -OCH3 is 1. The molecule has 1 heterocycles. The Hall–Kier alpha value is -0.540. The molecule has 1 saturated heterocycles. The molecule has 0 spiro atoms. The summed E-state index contributed by atoms with van der Waals surface area (Å²) in [6.07, 6.45) is 8.12. The van der Waals surface area contributed by atoms with Gasteiger partial charge in [0, 0.05) is 11.3 Å². The lowest BCUT2D eigenvalue weighted by Gasteiger charge is -2.45. The van der Waals surface area contributed by atoms with Gasteiger partial charge >= 0.3 is 5.97 Å². The molecule has 0 saturated carbocycles. The van der Waals surface area contributed by atoms with E-state index in [-0.39, 0.29) is 23.4 Å². The highest BCUT2D eigenvalue weighted by atomic mass is 35.5. The van der Waals surface area contributed by atoms with Crippen LogP contribution in [-0.4, -0.2) is 30.7 Å². The molecule has 0 aromatic rings. The summed E-state index contributed by atoms with van der Waals surface area (Å²) in [6, 6.07) is 0. The predicted octanol–water partition coefficient (Wildman–Crippen LogP) is 3.31. The molecule has 2 aliphatic rings. The first-order valence-corrected chi connectivity index (χ1v) is 7.53. The Morgan fingerprint density at radius 3 is 2.79 bits per heavy atom. The smallest absolute Gasteiger partial charge is 0.339 e. The van der Waals surface area contributed by atoms with E-state index in [9.17, 15) is 4.79 Å². The van der Waals surface area contributed by atoms with Crippen molar-refractivity contribution in [2.45, 2.75) is 51.2 Å². The van der Waals surface area contributed by atoms with Crippen molar-refractivity contribution in [1.29, 1.82) is 0 Å². The second-order valence-corrected chi connectivity index (χ2v) is 6.28. The van der Waals surface area contributed by atoms with Gasteiger partial charge in [0.1, 0.15) is 0 Å². The van der Waals surface area contributed by atoms with Gasteiger partial charge in [-0.25, -0.2) is 4.79 Å². The average Bonchev–Trinajstić information content (AvgIpc) is 2.77.